The number of aromatic amines is 1. The number of aryl methyl sites for hydroxylation is 1. The predicted octanol–water partition coefficient (Wildman–Crippen LogP) is 4.57. The Morgan fingerprint density at radius 1 is 1.16 bits per heavy atom. The van der Waals surface area contributed by atoms with Crippen LogP contribution < -0.4 is 10.9 Å². The number of amides is 1. The summed E-state index contributed by atoms with van der Waals surface area (Å²) >= 11 is 1.42. The first-order valence-electron chi connectivity index (χ1n) is 9.34. The average molecular weight is 459 g/mol. The van der Waals surface area contributed by atoms with Crippen molar-refractivity contribution in [3.8, 4) is 16.5 Å². The number of halogens is 3. The van der Waals surface area contributed by atoms with E-state index in [-0.39, 0.29) is 22.9 Å². The van der Waals surface area contributed by atoms with Gasteiger partial charge in [0.2, 0.25) is 5.95 Å². The van der Waals surface area contributed by atoms with E-state index in [4.69, 9.17) is 0 Å². The monoisotopic (exact) mass is 459 g/mol. The molecule has 7 nitrogen and oxygen atoms in total. The molecule has 32 heavy (non-hydrogen) atoms. The minimum Gasteiger partial charge on any atom is -0.306 e. The highest BCUT2D eigenvalue weighted by Gasteiger charge is 2.31. The Hall–Kier alpha value is -3.73. The van der Waals surface area contributed by atoms with E-state index >= 15 is 0 Å². The Labute approximate surface area is 183 Å². The number of rotatable bonds is 4. The number of nitrogens with zero attached hydrogens (tertiary/aromatic N) is 3. The molecule has 0 spiro atoms. The lowest BCUT2D eigenvalue weighted by atomic mass is 10.1. The van der Waals surface area contributed by atoms with Crippen molar-refractivity contribution >= 4 is 23.1 Å². The molecule has 0 saturated carbocycles. The molecule has 0 fully saturated rings. The molecule has 0 atom stereocenters. The van der Waals surface area contributed by atoms with Gasteiger partial charge in [0, 0.05) is 22.9 Å². The molecule has 0 bridgehead atoms. The fraction of sp³-hybridized carbons (Fsp3) is 0.143. The van der Waals surface area contributed by atoms with Gasteiger partial charge in [0.05, 0.1) is 10.4 Å². The average Bonchev–Trinajstić information content (AvgIpc) is 3.41. The molecule has 3 aromatic heterocycles. The van der Waals surface area contributed by atoms with E-state index in [0.29, 0.717) is 17.0 Å². The zero-order chi connectivity index (χ0) is 23.0. The first kappa shape index (κ1) is 21.5. The number of hydrogen-bond acceptors (Lipinski definition) is 5. The van der Waals surface area contributed by atoms with Crippen molar-refractivity contribution in [2.45, 2.75) is 20.0 Å². The number of H-pyrrole nitrogens is 1. The summed E-state index contributed by atoms with van der Waals surface area (Å²) in [6, 6.07) is 9.32. The minimum absolute atomic E-state index is 0.0697. The van der Waals surface area contributed by atoms with E-state index < -0.39 is 17.6 Å². The van der Waals surface area contributed by atoms with Crippen LogP contribution in [0.2, 0.25) is 0 Å². The van der Waals surface area contributed by atoms with Crippen LogP contribution in [0.3, 0.4) is 0 Å². The van der Waals surface area contributed by atoms with Crippen LogP contribution in [0.15, 0.2) is 52.6 Å². The molecule has 2 N–H and O–H groups in total. The predicted molar refractivity (Wildman–Crippen MR) is 114 cm³/mol. The van der Waals surface area contributed by atoms with Crippen LogP contribution in [-0.2, 0) is 6.18 Å². The van der Waals surface area contributed by atoms with E-state index in [1.54, 1.807) is 19.9 Å². The highest BCUT2D eigenvalue weighted by molar-refractivity contribution is 7.13. The Balaban J connectivity index is 1.77. The number of aromatic nitrogens is 4. The summed E-state index contributed by atoms with van der Waals surface area (Å²) in [5.74, 6) is -0.552. The molecule has 0 radical (unpaired) electrons. The molecule has 1 aromatic carbocycles. The first-order chi connectivity index (χ1) is 15.1. The van der Waals surface area contributed by atoms with Gasteiger partial charge in [-0.15, -0.1) is 11.3 Å². The summed E-state index contributed by atoms with van der Waals surface area (Å²) < 4.78 is 40.3. The lowest BCUT2D eigenvalue weighted by Crippen LogP contribution is -2.21. The van der Waals surface area contributed by atoms with Crippen LogP contribution in [0.1, 0.15) is 27.2 Å². The van der Waals surface area contributed by atoms with Crippen LogP contribution in [0.25, 0.3) is 16.5 Å². The number of nitrogens with one attached hydrogen (secondary N) is 2. The topological polar surface area (TPSA) is 92.7 Å². The fourth-order valence-electron chi connectivity index (χ4n) is 2.93. The van der Waals surface area contributed by atoms with Gasteiger partial charge < -0.3 is 5.32 Å². The van der Waals surface area contributed by atoms with Crippen molar-refractivity contribution in [1.29, 1.82) is 0 Å². The molecule has 1 amide bonds. The summed E-state index contributed by atoms with van der Waals surface area (Å²) in [6.07, 6.45) is -4.58. The Morgan fingerprint density at radius 3 is 2.59 bits per heavy atom. The van der Waals surface area contributed by atoms with Crippen LogP contribution >= 0.6 is 11.3 Å². The number of alkyl halides is 3. The number of thiophene rings is 1. The minimum atomic E-state index is -4.58. The second-order valence-electron chi connectivity index (χ2n) is 6.94. The maximum Gasteiger partial charge on any atom is 0.416 e. The van der Waals surface area contributed by atoms with Crippen LogP contribution in [0.4, 0.5) is 19.0 Å². The van der Waals surface area contributed by atoms with Crippen molar-refractivity contribution in [3.63, 3.8) is 0 Å². The van der Waals surface area contributed by atoms with Gasteiger partial charge in [0.25, 0.3) is 11.5 Å². The lowest BCUT2D eigenvalue weighted by molar-refractivity contribution is -0.137. The summed E-state index contributed by atoms with van der Waals surface area (Å²) in [7, 11) is 0. The third-order valence-electron chi connectivity index (χ3n) is 4.76. The highest BCUT2D eigenvalue weighted by atomic mass is 32.1. The van der Waals surface area contributed by atoms with Gasteiger partial charge in [-0.25, -0.2) is 4.98 Å². The Kier molecular flexibility index (Phi) is 5.43. The number of carbonyl (C=O) groups is 1. The highest BCUT2D eigenvalue weighted by Crippen LogP contribution is 2.30. The summed E-state index contributed by atoms with van der Waals surface area (Å²) in [5, 5.41) is 8.87. The SMILES string of the molecule is Cc1nc(-n2nc(-c3cccs3)cc2NC(=O)c2cccc(C(F)(F)F)c2)[nH]c(=O)c1C. The van der Waals surface area contributed by atoms with Crippen molar-refractivity contribution in [3.05, 3.63) is 80.6 Å². The molecule has 4 rings (SSSR count). The maximum absolute atomic E-state index is 13.0. The normalized spacial score (nSPS) is 11.5. The molecular weight excluding hydrogens is 443 g/mol. The van der Waals surface area contributed by atoms with Gasteiger partial charge in [0.1, 0.15) is 11.5 Å². The van der Waals surface area contributed by atoms with E-state index in [0.717, 1.165) is 23.1 Å². The van der Waals surface area contributed by atoms with Crippen molar-refractivity contribution in [2.75, 3.05) is 5.32 Å². The molecular formula is C21H16F3N5O2S. The summed E-state index contributed by atoms with van der Waals surface area (Å²) in [6.45, 7) is 3.29. The largest absolute Gasteiger partial charge is 0.416 e. The molecule has 0 saturated heterocycles. The quantitative estimate of drug-likeness (QED) is 0.468. The Bertz CT molecular complexity index is 1360. The van der Waals surface area contributed by atoms with E-state index in [2.05, 4.69) is 20.4 Å². The van der Waals surface area contributed by atoms with Crippen molar-refractivity contribution in [2.24, 2.45) is 0 Å². The van der Waals surface area contributed by atoms with Crippen LogP contribution in [0, 0.1) is 13.8 Å². The second-order valence-corrected chi connectivity index (χ2v) is 7.88. The first-order valence-corrected chi connectivity index (χ1v) is 10.2. The molecule has 0 unspecified atom stereocenters. The van der Waals surface area contributed by atoms with E-state index in [1.807, 2.05) is 17.5 Å². The maximum atomic E-state index is 13.0. The lowest BCUT2D eigenvalue weighted by Gasteiger charge is -2.11. The molecule has 0 aliphatic heterocycles. The van der Waals surface area contributed by atoms with Crippen LogP contribution in [0.5, 0.6) is 0 Å². The van der Waals surface area contributed by atoms with Crippen molar-refractivity contribution in [1.82, 2.24) is 19.7 Å². The van der Waals surface area contributed by atoms with Gasteiger partial charge in [-0.1, -0.05) is 12.1 Å². The van der Waals surface area contributed by atoms with Crippen molar-refractivity contribution < 1.29 is 18.0 Å². The second kappa shape index (κ2) is 8.08. The number of carbonyl (C=O) groups excluding carboxylic acids is 1. The molecule has 0 aliphatic carbocycles. The summed E-state index contributed by atoms with van der Waals surface area (Å²) in [4.78, 5) is 32.7. The smallest absolute Gasteiger partial charge is 0.306 e. The standard InChI is InChI=1S/C21H16F3N5O2S/c1-11-12(2)25-20(27-18(11)30)29-17(10-15(28-29)16-7-4-8-32-16)26-19(31)13-5-3-6-14(9-13)21(22,23)24/h3-10H,1-2H3,(H,26,31)(H,25,27,30). The third-order valence-corrected chi connectivity index (χ3v) is 5.65. The van der Waals surface area contributed by atoms with E-state index in [9.17, 15) is 22.8 Å². The Morgan fingerprint density at radius 2 is 1.94 bits per heavy atom. The van der Waals surface area contributed by atoms with Gasteiger partial charge in [0.15, 0.2) is 0 Å². The number of anilines is 1. The summed E-state index contributed by atoms with van der Waals surface area (Å²) in [5.41, 5.74) is -0.0538. The molecule has 164 valence electrons. The van der Waals surface area contributed by atoms with Gasteiger partial charge >= 0.3 is 6.18 Å². The molecule has 3 heterocycles. The zero-order valence-electron chi connectivity index (χ0n) is 16.8. The molecule has 11 heteroatoms. The van der Waals surface area contributed by atoms with Gasteiger partial charge in [-0.2, -0.15) is 23.0 Å². The number of benzene rings is 1. The van der Waals surface area contributed by atoms with Gasteiger partial charge in [-0.3, -0.25) is 14.6 Å². The van der Waals surface area contributed by atoms with Crippen LogP contribution in [-0.4, -0.2) is 25.7 Å². The molecule has 0 aliphatic rings. The zero-order valence-corrected chi connectivity index (χ0v) is 17.6. The number of hydrogen-bond donors (Lipinski definition) is 2. The fourth-order valence-corrected chi connectivity index (χ4v) is 3.61. The molecule has 4 aromatic rings. The van der Waals surface area contributed by atoms with Gasteiger partial charge in [-0.05, 0) is 43.5 Å². The third kappa shape index (κ3) is 4.19. The van der Waals surface area contributed by atoms with E-state index in [1.165, 1.54) is 22.1 Å².